The normalized spacial score (nSPS) is 10.1. The molecule has 5 nitrogen and oxygen atoms in total. The van der Waals surface area contributed by atoms with E-state index in [0.717, 1.165) is 18.5 Å². The number of pyridine rings is 1. The van der Waals surface area contributed by atoms with Crippen LogP contribution in [0.5, 0.6) is 0 Å². The van der Waals surface area contributed by atoms with E-state index in [1.165, 1.54) is 0 Å². The average Bonchev–Trinajstić information content (AvgIpc) is 2.36. The van der Waals surface area contributed by atoms with Gasteiger partial charge in [-0.05, 0) is 25.5 Å². The number of nitrogens with one attached hydrogen (secondary N) is 1. The Hall–Kier alpha value is -1.62. The maximum atomic E-state index is 12.0. The summed E-state index contributed by atoms with van der Waals surface area (Å²) < 4.78 is 0. The highest BCUT2D eigenvalue weighted by Gasteiger charge is 2.12. The van der Waals surface area contributed by atoms with Crippen LogP contribution in [0.1, 0.15) is 36.3 Å². The summed E-state index contributed by atoms with van der Waals surface area (Å²) in [5, 5.41) is 0. The summed E-state index contributed by atoms with van der Waals surface area (Å²) in [6.45, 7) is 4.69. The molecular formula is C12H20N4O. The number of carbonyl (C=O) groups excluding carboxylic acids is 1. The van der Waals surface area contributed by atoms with Gasteiger partial charge < -0.3 is 10.3 Å². The minimum atomic E-state index is -0.0104. The topological polar surface area (TPSA) is 71.2 Å². The average molecular weight is 236 g/mol. The number of rotatable bonds is 5. The van der Waals surface area contributed by atoms with Crippen molar-refractivity contribution in [1.82, 2.24) is 9.88 Å². The molecule has 0 atom stereocenters. The Morgan fingerprint density at radius 2 is 2.18 bits per heavy atom. The third kappa shape index (κ3) is 3.42. The first-order valence-corrected chi connectivity index (χ1v) is 5.85. The quantitative estimate of drug-likeness (QED) is 0.599. The van der Waals surface area contributed by atoms with Gasteiger partial charge in [0, 0.05) is 24.8 Å². The Kier molecular flexibility index (Phi) is 4.90. The van der Waals surface area contributed by atoms with E-state index in [-0.39, 0.29) is 5.91 Å². The van der Waals surface area contributed by atoms with Crippen molar-refractivity contribution in [2.24, 2.45) is 5.84 Å². The molecule has 0 bridgehead atoms. The summed E-state index contributed by atoms with van der Waals surface area (Å²) in [7, 11) is 1.78. The van der Waals surface area contributed by atoms with Gasteiger partial charge in [0.25, 0.3) is 5.91 Å². The molecule has 1 aromatic rings. The lowest BCUT2D eigenvalue weighted by molar-refractivity contribution is 0.0802. The van der Waals surface area contributed by atoms with Gasteiger partial charge >= 0.3 is 0 Å². The molecule has 0 unspecified atom stereocenters. The largest absolute Gasteiger partial charge is 0.342 e. The van der Waals surface area contributed by atoms with Crippen molar-refractivity contribution in [2.45, 2.75) is 26.7 Å². The zero-order valence-corrected chi connectivity index (χ0v) is 10.7. The van der Waals surface area contributed by atoms with Gasteiger partial charge in [-0.15, -0.1) is 0 Å². The molecule has 1 aromatic heterocycles. The van der Waals surface area contributed by atoms with Crippen LogP contribution in [0.2, 0.25) is 0 Å². The lowest BCUT2D eigenvalue weighted by Gasteiger charge is -2.15. The second kappa shape index (κ2) is 6.20. The van der Waals surface area contributed by atoms with Crippen LogP contribution < -0.4 is 11.3 Å². The molecule has 0 saturated heterocycles. The lowest BCUT2D eigenvalue weighted by Crippen LogP contribution is -2.26. The summed E-state index contributed by atoms with van der Waals surface area (Å²) in [6.07, 6.45) is 1.82. The van der Waals surface area contributed by atoms with Crippen LogP contribution in [0.3, 0.4) is 0 Å². The molecule has 94 valence electrons. The van der Waals surface area contributed by atoms with E-state index >= 15 is 0 Å². The monoisotopic (exact) mass is 236 g/mol. The van der Waals surface area contributed by atoms with E-state index in [1.54, 1.807) is 18.0 Å². The SMILES string of the molecule is CCCc1cc(C(=O)N(C)CC)cc(NN)n1. The minimum absolute atomic E-state index is 0.0104. The van der Waals surface area contributed by atoms with Gasteiger partial charge in [0.15, 0.2) is 0 Å². The summed E-state index contributed by atoms with van der Waals surface area (Å²) in [4.78, 5) is 18.0. The third-order valence-corrected chi connectivity index (χ3v) is 2.60. The van der Waals surface area contributed by atoms with E-state index in [0.29, 0.717) is 17.9 Å². The first kappa shape index (κ1) is 13.4. The van der Waals surface area contributed by atoms with Gasteiger partial charge in [-0.2, -0.15) is 0 Å². The van der Waals surface area contributed by atoms with Crippen LogP contribution in [0.25, 0.3) is 0 Å². The van der Waals surface area contributed by atoms with Crippen LogP contribution in [0.15, 0.2) is 12.1 Å². The molecular weight excluding hydrogens is 216 g/mol. The van der Waals surface area contributed by atoms with Crippen molar-refractivity contribution in [1.29, 1.82) is 0 Å². The number of hydrazine groups is 1. The fourth-order valence-electron chi connectivity index (χ4n) is 1.53. The molecule has 1 rings (SSSR count). The number of amides is 1. The molecule has 0 fully saturated rings. The van der Waals surface area contributed by atoms with Gasteiger partial charge in [-0.3, -0.25) is 4.79 Å². The molecule has 0 radical (unpaired) electrons. The molecule has 0 saturated carbocycles. The predicted molar refractivity (Wildman–Crippen MR) is 68.7 cm³/mol. The number of nitrogen functional groups attached to an aromatic ring is 1. The number of anilines is 1. The molecule has 0 aliphatic rings. The number of nitrogens with two attached hydrogens (primary N) is 1. The fourth-order valence-corrected chi connectivity index (χ4v) is 1.53. The van der Waals surface area contributed by atoms with Crippen LogP contribution in [0.4, 0.5) is 5.82 Å². The van der Waals surface area contributed by atoms with Crippen LogP contribution in [-0.2, 0) is 6.42 Å². The minimum Gasteiger partial charge on any atom is -0.342 e. The lowest BCUT2D eigenvalue weighted by atomic mass is 10.1. The Balaban J connectivity index is 3.05. The van der Waals surface area contributed by atoms with Crippen molar-refractivity contribution < 1.29 is 4.79 Å². The van der Waals surface area contributed by atoms with Gasteiger partial charge in [-0.1, -0.05) is 13.3 Å². The molecule has 17 heavy (non-hydrogen) atoms. The zero-order valence-electron chi connectivity index (χ0n) is 10.7. The van der Waals surface area contributed by atoms with Gasteiger partial charge in [0.1, 0.15) is 5.82 Å². The molecule has 1 heterocycles. The molecule has 5 heteroatoms. The first-order valence-electron chi connectivity index (χ1n) is 5.85. The molecule has 1 amide bonds. The number of aryl methyl sites for hydroxylation is 1. The van der Waals surface area contributed by atoms with Gasteiger partial charge in [0.2, 0.25) is 0 Å². The van der Waals surface area contributed by atoms with Crippen LogP contribution >= 0.6 is 0 Å². The second-order valence-electron chi connectivity index (χ2n) is 3.95. The number of hydrogen-bond donors (Lipinski definition) is 2. The summed E-state index contributed by atoms with van der Waals surface area (Å²) >= 11 is 0. The van der Waals surface area contributed by atoms with E-state index < -0.39 is 0 Å². The Morgan fingerprint density at radius 1 is 1.47 bits per heavy atom. The number of nitrogens with zero attached hydrogens (tertiary/aromatic N) is 2. The van der Waals surface area contributed by atoms with Crippen molar-refractivity contribution in [3.05, 3.63) is 23.4 Å². The molecule has 3 N–H and O–H groups in total. The molecule has 0 spiro atoms. The number of carbonyl (C=O) groups is 1. The maximum Gasteiger partial charge on any atom is 0.253 e. The highest BCUT2D eigenvalue weighted by atomic mass is 16.2. The first-order chi connectivity index (χ1) is 8.12. The molecule has 0 aliphatic carbocycles. The van der Waals surface area contributed by atoms with E-state index in [9.17, 15) is 4.79 Å². The second-order valence-corrected chi connectivity index (χ2v) is 3.95. The maximum absolute atomic E-state index is 12.0. The van der Waals surface area contributed by atoms with E-state index in [2.05, 4.69) is 17.3 Å². The Morgan fingerprint density at radius 3 is 2.71 bits per heavy atom. The predicted octanol–water partition coefficient (Wildman–Crippen LogP) is 1.41. The molecule has 0 aliphatic heterocycles. The zero-order chi connectivity index (χ0) is 12.8. The molecule has 0 aromatic carbocycles. The Bertz CT molecular complexity index is 392. The van der Waals surface area contributed by atoms with Crippen LogP contribution in [0, 0.1) is 0 Å². The van der Waals surface area contributed by atoms with Crippen molar-refractivity contribution in [2.75, 3.05) is 19.0 Å². The highest BCUT2D eigenvalue weighted by molar-refractivity contribution is 5.94. The van der Waals surface area contributed by atoms with E-state index in [4.69, 9.17) is 5.84 Å². The summed E-state index contributed by atoms with van der Waals surface area (Å²) in [6, 6.07) is 3.51. The summed E-state index contributed by atoms with van der Waals surface area (Å²) in [5.74, 6) is 5.88. The highest BCUT2D eigenvalue weighted by Crippen LogP contribution is 2.13. The van der Waals surface area contributed by atoms with Crippen molar-refractivity contribution in [3.63, 3.8) is 0 Å². The number of aromatic nitrogens is 1. The Labute approximate surface area is 102 Å². The smallest absolute Gasteiger partial charge is 0.253 e. The van der Waals surface area contributed by atoms with Crippen LogP contribution in [-0.4, -0.2) is 29.4 Å². The van der Waals surface area contributed by atoms with E-state index in [1.807, 2.05) is 13.0 Å². The number of hydrogen-bond acceptors (Lipinski definition) is 4. The fraction of sp³-hybridized carbons (Fsp3) is 0.500. The third-order valence-electron chi connectivity index (χ3n) is 2.60. The standard InChI is InChI=1S/C12H20N4O/c1-4-6-10-7-9(8-11(14-10)15-13)12(17)16(3)5-2/h7-8H,4-6,13H2,1-3H3,(H,14,15). The van der Waals surface area contributed by atoms with Crippen molar-refractivity contribution in [3.8, 4) is 0 Å². The van der Waals surface area contributed by atoms with Gasteiger partial charge in [-0.25, -0.2) is 10.8 Å². The van der Waals surface area contributed by atoms with Crippen molar-refractivity contribution >= 4 is 11.7 Å². The van der Waals surface area contributed by atoms with Gasteiger partial charge in [0.05, 0.1) is 0 Å². The summed E-state index contributed by atoms with van der Waals surface area (Å²) in [5.41, 5.74) is 4.01.